The minimum absolute atomic E-state index is 0.320. The molecule has 0 aliphatic rings. The molecule has 3 heteroatoms. The van der Waals surface area contributed by atoms with Crippen molar-refractivity contribution in [2.75, 3.05) is 7.11 Å². The van der Waals surface area contributed by atoms with Crippen LogP contribution in [0.1, 0.15) is 31.4 Å². The lowest BCUT2D eigenvalue weighted by Crippen LogP contribution is -2.30. The summed E-state index contributed by atoms with van der Waals surface area (Å²) in [6.45, 7) is 5.57. The summed E-state index contributed by atoms with van der Waals surface area (Å²) in [7, 11) is 1.03. The van der Waals surface area contributed by atoms with E-state index in [4.69, 9.17) is 0 Å². The van der Waals surface area contributed by atoms with Gasteiger partial charge in [-0.05, 0) is 17.9 Å². The first-order chi connectivity index (χ1) is 7.27. The maximum Gasteiger partial charge on any atom is 0.356 e. The summed E-state index contributed by atoms with van der Waals surface area (Å²) >= 11 is 0. The van der Waals surface area contributed by atoms with Crippen LogP contribution in [0, 0.1) is 6.92 Å². The van der Waals surface area contributed by atoms with E-state index in [-0.39, 0.29) is 6.42 Å². The van der Waals surface area contributed by atoms with E-state index in [1.165, 1.54) is 0 Å². The van der Waals surface area contributed by atoms with Crippen LogP contribution in [0.3, 0.4) is 0 Å². The second-order valence-electron chi connectivity index (χ2n) is 4.77. The van der Waals surface area contributed by atoms with Gasteiger partial charge in [0, 0.05) is 13.5 Å². The van der Waals surface area contributed by atoms with Crippen molar-refractivity contribution >= 4 is 0 Å². The predicted molar refractivity (Wildman–Crippen MR) is 60.8 cm³/mol. The molecule has 0 aromatic heterocycles. The van der Waals surface area contributed by atoms with Crippen molar-refractivity contribution in [2.24, 2.45) is 0 Å². The van der Waals surface area contributed by atoms with Crippen LogP contribution in [-0.2, 0) is 10.2 Å². The van der Waals surface area contributed by atoms with E-state index in [2.05, 4.69) is 4.74 Å². The molecule has 0 spiro atoms. The molecule has 1 rings (SSSR count). The Labute approximate surface area is 95.4 Å². The van der Waals surface area contributed by atoms with E-state index in [1.807, 2.05) is 31.2 Å². The maximum absolute atomic E-state index is 13.2. The Morgan fingerprint density at radius 3 is 2.06 bits per heavy atom. The monoisotopic (exact) mass is 228 g/mol. The van der Waals surface area contributed by atoms with Crippen molar-refractivity contribution < 1.29 is 13.5 Å². The average Bonchev–Trinajstić information content (AvgIpc) is 2.17. The molecule has 0 fully saturated rings. The standard InChI is InChI=1S/C13H18F2O/c1-10-5-7-11(8-6-10)12(2,3)9-13(14,15)16-4/h5-8H,9H2,1-4H3. The third-order valence-corrected chi connectivity index (χ3v) is 2.78. The number of rotatable bonds is 4. The molecule has 0 bridgehead atoms. The Balaban J connectivity index is 2.89. The highest BCUT2D eigenvalue weighted by molar-refractivity contribution is 5.27. The quantitative estimate of drug-likeness (QED) is 0.759. The largest absolute Gasteiger partial charge is 0.356 e. The second-order valence-corrected chi connectivity index (χ2v) is 4.77. The number of hydrogen-bond donors (Lipinski definition) is 0. The van der Waals surface area contributed by atoms with E-state index in [9.17, 15) is 8.78 Å². The molecule has 0 radical (unpaired) electrons. The molecule has 0 saturated carbocycles. The fraction of sp³-hybridized carbons (Fsp3) is 0.538. The van der Waals surface area contributed by atoms with Crippen molar-refractivity contribution in [1.82, 2.24) is 0 Å². The van der Waals surface area contributed by atoms with Crippen LogP contribution in [0.4, 0.5) is 8.78 Å². The molecular formula is C13H18F2O. The van der Waals surface area contributed by atoms with Gasteiger partial charge in [0.2, 0.25) is 0 Å². The van der Waals surface area contributed by atoms with Gasteiger partial charge in [0.1, 0.15) is 0 Å². The lowest BCUT2D eigenvalue weighted by Gasteiger charge is -2.29. The number of aryl methyl sites for hydroxylation is 1. The molecule has 0 N–H and O–H groups in total. The van der Waals surface area contributed by atoms with Crippen molar-refractivity contribution in [3.63, 3.8) is 0 Å². The highest BCUT2D eigenvalue weighted by atomic mass is 19.3. The molecule has 0 amide bonds. The predicted octanol–water partition coefficient (Wildman–Crippen LogP) is 3.90. The van der Waals surface area contributed by atoms with Crippen LogP contribution in [0.25, 0.3) is 0 Å². The smallest absolute Gasteiger partial charge is 0.324 e. The molecule has 0 aliphatic heterocycles. The molecule has 1 aromatic rings. The second kappa shape index (κ2) is 4.50. The number of benzene rings is 1. The van der Waals surface area contributed by atoms with Gasteiger partial charge in [0.05, 0.1) is 0 Å². The molecule has 1 aromatic carbocycles. The number of halogens is 2. The fourth-order valence-corrected chi connectivity index (χ4v) is 1.69. The molecule has 0 unspecified atom stereocenters. The van der Waals surface area contributed by atoms with Crippen LogP contribution >= 0.6 is 0 Å². The van der Waals surface area contributed by atoms with Gasteiger partial charge < -0.3 is 4.74 Å². The van der Waals surface area contributed by atoms with Crippen LogP contribution in [-0.4, -0.2) is 13.2 Å². The highest BCUT2D eigenvalue weighted by Gasteiger charge is 2.37. The van der Waals surface area contributed by atoms with Crippen molar-refractivity contribution in [2.45, 2.75) is 38.7 Å². The minimum Gasteiger partial charge on any atom is -0.324 e. The van der Waals surface area contributed by atoms with Gasteiger partial charge in [-0.15, -0.1) is 0 Å². The Hall–Kier alpha value is -0.960. The van der Waals surface area contributed by atoms with Crippen LogP contribution in [0.15, 0.2) is 24.3 Å². The minimum atomic E-state index is -3.08. The molecule has 0 saturated heterocycles. The first-order valence-corrected chi connectivity index (χ1v) is 5.27. The van der Waals surface area contributed by atoms with E-state index in [0.29, 0.717) is 0 Å². The van der Waals surface area contributed by atoms with Crippen LogP contribution in [0.5, 0.6) is 0 Å². The van der Waals surface area contributed by atoms with Crippen molar-refractivity contribution in [3.05, 3.63) is 35.4 Å². The van der Waals surface area contributed by atoms with Crippen molar-refractivity contribution in [3.8, 4) is 0 Å². The van der Waals surface area contributed by atoms with Gasteiger partial charge in [0.15, 0.2) is 0 Å². The summed E-state index contributed by atoms with van der Waals surface area (Å²) in [5.41, 5.74) is 1.42. The molecular weight excluding hydrogens is 210 g/mol. The molecule has 16 heavy (non-hydrogen) atoms. The number of alkyl halides is 2. The topological polar surface area (TPSA) is 9.23 Å². The van der Waals surface area contributed by atoms with Gasteiger partial charge in [-0.3, -0.25) is 0 Å². The Bertz CT molecular complexity index is 341. The van der Waals surface area contributed by atoms with Crippen LogP contribution < -0.4 is 0 Å². The lowest BCUT2D eigenvalue weighted by atomic mass is 9.81. The third kappa shape index (κ3) is 3.27. The van der Waals surface area contributed by atoms with Gasteiger partial charge in [-0.1, -0.05) is 43.7 Å². The zero-order valence-corrected chi connectivity index (χ0v) is 10.2. The molecule has 1 nitrogen and oxygen atoms in total. The highest BCUT2D eigenvalue weighted by Crippen LogP contribution is 2.35. The first kappa shape index (κ1) is 13.1. The summed E-state index contributed by atoms with van der Waals surface area (Å²) in [5.74, 6) is 0. The molecule has 0 heterocycles. The van der Waals surface area contributed by atoms with Crippen molar-refractivity contribution in [1.29, 1.82) is 0 Å². The van der Waals surface area contributed by atoms with Gasteiger partial charge in [-0.2, -0.15) is 8.78 Å². The maximum atomic E-state index is 13.2. The summed E-state index contributed by atoms with van der Waals surface area (Å²) in [5, 5.41) is 0. The normalized spacial score (nSPS) is 12.9. The summed E-state index contributed by atoms with van der Waals surface area (Å²) in [4.78, 5) is 0. The average molecular weight is 228 g/mol. The molecule has 90 valence electrons. The summed E-state index contributed by atoms with van der Waals surface area (Å²) < 4.78 is 30.6. The summed E-state index contributed by atoms with van der Waals surface area (Å²) in [6.07, 6.45) is -3.39. The van der Waals surface area contributed by atoms with E-state index in [0.717, 1.165) is 18.2 Å². The molecule has 0 aliphatic carbocycles. The lowest BCUT2D eigenvalue weighted by molar-refractivity contribution is -0.233. The Morgan fingerprint density at radius 1 is 1.12 bits per heavy atom. The molecule has 0 atom stereocenters. The number of hydrogen-bond acceptors (Lipinski definition) is 1. The van der Waals surface area contributed by atoms with Gasteiger partial charge in [-0.25, -0.2) is 0 Å². The first-order valence-electron chi connectivity index (χ1n) is 5.27. The zero-order valence-electron chi connectivity index (χ0n) is 10.2. The van der Waals surface area contributed by atoms with E-state index >= 15 is 0 Å². The SMILES string of the molecule is COC(F)(F)CC(C)(C)c1ccc(C)cc1. The Kier molecular flexibility index (Phi) is 3.68. The van der Waals surface area contributed by atoms with E-state index in [1.54, 1.807) is 13.8 Å². The third-order valence-electron chi connectivity index (χ3n) is 2.78. The zero-order chi connectivity index (χ0) is 12.4. The fourth-order valence-electron chi connectivity index (χ4n) is 1.69. The number of methoxy groups -OCH3 is 1. The van der Waals surface area contributed by atoms with E-state index < -0.39 is 11.5 Å². The Morgan fingerprint density at radius 2 is 1.62 bits per heavy atom. The van der Waals surface area contributed by atoms with Crippen LogP contribution in [0.2, 0.25) is 0 Å². The number of ether oxygens (including phenoxy) is 1. The van der Waals surface area contributed by atoms with Gasteiger partial charge >= 0.3 is 6.11 Å². The summed E-state index contributed by atoms with van der Waals surface area (Å²) in [6, 6.07) is 7.65. The van der Waals surface area contributed by atoms with Gasteiger partial charge in [0.25, 0.3) is 0 Å².